The predicted octanol–water partition coefficient (Wildman–Crippen LogP) is 4.52. The number of para-hydroxylation sites is 1. The fourth-order valence-corrected chi connectivity index (χ4v) is 4.34. The number of carbonyl (C=O) groups excluding carboxylic acids is 2. The molecule has 1 saturated heterocycles. The fraction of sp³-hybridized carbons (Fsp3) is 0.360. The van der Waals surface area contributed by atoms with Gasteiger partial charge in [-0.05, 0) is 29.2 Å². The summed E-state index contributed by atoms with van der Waals surface area (Å²) in [5.74, 6) is 0.611. The van der Waals surface area contributed by atoms with E-state index in [9.17, 15) is 9.59 Å². The molecule has 0 unspecified atom stereocenters. The van der Waals surface area contributed by atoms with Gasteiger partial charge < -0.3 is 9.30 Å². The van der Waals surface area contributed by atoms with Gasteiger partial charge in [-0.2, -0.15) is 0 Å². The molecule has 3 amide bonds. The molecule has 1 N–H and O–H groups in total. The molecular weight excluding hydrogens is 390 g/mol. The van der Waals surface area contributed by atoms with E-state index >= 15 is 0 Å². The van der Waals surface area contributed by atoms with E-state index in [2.05, 4.69) is 62.1 Å². The number of nitrogens with one attached hydrogen (secondary N) is 1. The van der Waals surface area contributed by atoms with Gasteiger partial charge in [-0.25, -0.2) is 4.79 Å². The topological polar surface area (TPSA) is 63.6 Å². The molecule has 0 spiro atoms. The first kappa shape index (κ1) is 21.0. The Bertz CT molecular complexity index is 1170. The number of methoxy groups -OCH3 is 1. The lowest BCUT2D eigenvalue weighted by Crippen LogP contribution is -2.49. The molecule has 0 bridgehead atoms. The first-order chi connectivity index (χ1) is 14.7. The minimum atomic E-state index is -0.377. The summed E-state index contributed by atoms with van der Waals surface area (Å²) in [6, 6.07) is 12.0. The van der Waals surface area contributed by atoms with Crippen LogP contribution in [0, 0.1) is 0 Å². The zero-order valence-corrected chi connectivity index (χ0v) is 18.8. The molecule has 6 heteroatoms. The zero-order chi connectivity index (χ0) is 22.3. The van der Waals surface area contributed by atoms with Crippen molar-refractivity contribution in [2.24, 2.45) is 7.05 Å². The predicted molar refractivity (Wildman–Crippen MR) is 123 cm³/mol. The third kappa shape index (κ3) is 3.90. The molecule has 31 heavy (non-hydrogen) atoms. The highest BCUT2D eigenvalue weighted by Crippen LogP contribution is 2.39. The number of urea groups is 1. The smallest absolute Gasteiger partial charge is 0.328 e. The van der Waals surface area contributed by atoms with Crippen LogP contribution in [0.1, 0.15) is 43.9 Å². The van der Waals surface area contributed by atoms with Crippen molar-refractivity contribution < 1.29 is 14.3 Å². The molecule has 1 aliphatic heterocycles. The molecule has 162 valence electrons. The number of carbonyl (C=O) groups is 2. The number of imide groups is 1. The zero-order valence-electron chi connectivity index (χ0n) is 18.8. The number of hydrogen-bond acceptors (Lipinski definition) is 3. The van der Waals surface area contributed by atoms with Gasteiger partial charge in [0.25, 0.3) is 0 Å². The molecule has 1 aromatic heterocycles. The van der Waals surface area contributed by atoms with Crippen molar-refractivity contribution in [3.63, 3.8) is 0 Å². The summed E-state index contributed by atoms with van der Waals surface area (Å²) >= 11 is 0. The van der Waals surface area contributed by atoms with Gasteiger partial charge in [0.1, 0.15) is 5.75 Å². The van der Waals surface area contributed by atoms with Gasteiger partial charge in [0, 0.05) is 60.3 Å². The highest BCUT2D eigenvalue weighted by Gasteiger charge is 2.29. The summed E-state index contributed by atoms with van der Waals surface area (Å²) in [6.45, 7) is 6.77. The Morgan fingerprint density at radius 2 is 1.84 bits per heavy atom. The van der Waals surface area contributed by atoms with E-state index in [1.807, 2.05) is 18.2 Å². The summed E-state index contributed by atoms with van der Waals surface area (Å²) in [7, 11) is 3.75. The van der Waals surface area contributed by atoms with Crippen LogP contribution >= 0.6 is 0 Å². The minimum Gasteiger partial charge on any atom is -0.496 e. The summed E-state index contributed by atoms with van der Waals surface area (Å²) in [5, 5.41) is 3.63. The molecule has 1 aliphatic rings. The number of rotatable bonds is 4. The van der Waals surface area contributed by atoms with Crippen molar-refractivity contribution in [2.45, 2.75) is 39.0 Å². The first-order valence-corrected chi connectivity index (χ1v) is 10.5. The van der Waals surface area contributed by atoms with Gasteiger partial charge in [-0.15, -0.1) is 0 Å². The quantitative estimate of drug-likeness (QED) is 0.676. The number of fused-ring (bicyclic) bond motifs is 1. The maximum Gasteiger partial charge on any atom is 0.328 e. The van der Waals surface area contributed by atoms with Crippen LogP contribution in [0.4, 0.5) is 10.5 Å². The van der Waals surface area contributed by atoms with Crippen molar-refractivity contribution in [1.29, 1.82) is 0 Å². The van der Waals surface area contributed by atoms with Crippen molar-refractivity contribution in [3.8, 4) is 5.75 Å². The van der Waals surface area contributed by atoms with Gasteiger partial charge in [0.2, 0.25) is 5.91 Å². The van der Waals surface area contributed by atoms with Gasteiger partial charge in [0.05, 0.1) is 7.11 Å². The molecule has 0 saturated carbocycles. The molecular formula is C25H29N3O3. The van der Waals surface area contributed by atoms with Crippen LogP contribution in [0.3, 0.4) is 0 Å². The lowest BCUT2D eigenvalue weighted by Gasteiger charge is -2.30. The van der Waals surface area contributed by atoms with Gasteiger partial charge in [-0.3, -0.25) is 15.0 Å². The normalized spacial score (nSPS) is 14.8. The molecule has 0 atom stereocenters. The van der Waals surface area contributed by atoms with E-state index in [4.69, 9.17) is 4.74 Å². The Hall–Kier alpha value is -3.28. The largest absolute Gasteiger partial charge is 0.496 e. The van der Waals surface area contributed by atoms with E-state index in [0.717, 1.165) is 22.6 Å². The van der Waals surface area contributed by atoms with Crippen LogP contribution in [-0.2, 0) is 23.7 Å². The SMILES string of the molecule is COc1c(Cc2cn(C)c3ccccc23)cc(N2CCC(=O)NC2=O)cc1C(C)(C)C. The summed E-state index contributed by atoms with van der Waals surface area (Å²) < 4.78 is 8.03. The Kier molecular flexibility index (Phi) is 5.25. The van der Waals surface area contributed by atoms with Crippen LogP contribution in [0.25, 0.3) is 10.9 Å². The van der Waals surface area contributed by atoms with E-state index in [1.54, 1.807) is 12.0 Å². The number of aryl methyl sites for hydroxylation is 1. The van der Waals surface area contributed by atoms with Gasteiger partial charge >= 0.3 is 6.03 Å². The van der Waals surface area contributed by atoms with Gasteiger partial charge in [-0.1, -0.05) is 39.0 Å². The number of hydrogen-bond donors (Lipinski definition) is 1. The molecule has 3 aromatic rings. The number of nitrogens with zero attached hydrogens (tertiary/aromatic N) is 2. The number of aromatic nitrogens is 1. The lowest BCUT2D eigenvalue weighted by molar-refractivity contribution is -0.120. The van der Waals surface area contributed by atoms with Crippen LogP contribution < -0.4 is 15.0 Å². The molecule has 0 radical (unpaired) electrons. The first-order valence-electron chi connectivity index (χ1n) is 10.5. The maximum absolute atomic E-state index is 12.5. The maximum atomic E-state index is 12.5. The molecule has 1 fully saturated rings. The Balaban J connectivity index is 1.85. The van der Waals surface area contributed by atoms with E-state index in [-0.39, 0.29) is 17.4 Å². The van der Waals surface area contributed by atoms with Crippen LogP contribution in [0.2, 0.25) is 0 Å². The van der Waals surface area contributed by atoms with Crippen molar-refractivity contribution in [3.05, 3.63) is 59.3 Å². The average molecular weight is 420 g/mol. The number of anilines is 1. The van der Waals surface area contributed by atoms with E-state index in [1.165, 1.54) is 16.5 Å². The molecule has 6 nitrogen and oxygen atoms in total. The summed E-state index contributed by atoms with van der Waals surface area (Å²) in [6.07, 6.45) is 3.12. The number of ether oxygens (including phenoxy) is 1. The van der Waals surface area contributed by atoms with Crippen molar-refractivity contribution in [2.75, 3.05) is 18.6 Å². The number of amides is 3. The second-order valence-electron chi connectivity index (χ2n) is 9.15. The minimum absolute atomic E-state index is 0.184. The highest BCUT2D eigenvalue weighted by molar-refractivity contribution is 6.05. The monoisotopic (exact) mass is 419 g/mol. The second-order valence-corrected chi connectivity index (χ2v) is 9.15. The summed E-state index contributed by atoms with van der Waals surface area (Å²) in [4.78, 5) is 25.8. The fourth-order valence-electron chi connectivity index (χ4n) is 4.34. The van der Waals surface area contributed by atoms with E-state index < -0.39 is 0 Å². The average Bonchev–Trinajstić information content (AvgIpc) is 3.02. The van der Waals surface area contributed by atoms with E-state index in [0.29, 0.717) is 19.4 Å². The third-order valence-electron chi connectivity index (χ3n) is 5.89. The van der Waals surface area contributed by atoms with Crippen molar-refractivity contribution >= 4 is 28.5 Å². The third-order valence-corrected chi connectivity index (χ3v) is 5.89. The van der Waals surface area contributed by atoms with Crippen LogP contribution in [0.15, 0.2) is 42.6 Å². The molecule has 0 aliphatic carbocycles. The van der Waals surface area contributed by atoms with Crippen LogP contribution in [0.5, 0.6) is 5.75 Å². The molecule has 2 heterocycles. The standard InChI is InChI=1S/C25H29N3O3/c1-25(2,3)20-14-18(28-11-10-22(29)26-24(28)30)13-16(23(20)31-5)12-17-15-27(4)21-9-7-6-8-19(17)21/h6-9,13-15H,10-12H2,1-5H3,(H,26,29,30). The van der Waals surface area contributed by atoms with Gasteiger partial charge in [0.15, 0.2) is 0 Å². The summed E-state index contributed by atoms with van der Waals surface area (Å²) in [5.41, 5.74) is 5.03. The Labute approximate surface area is 182 Å². The number of benzene rings is 2. The van der Waals surface area contributed by atoms with Crippen molar-refractivity contribution in [1.82, 2.24) is 9.88 Å². The Morgan fingerprint density at radius 1 is 1.10 bits per heavy atom. The molecule has 2 aromatic carbocycles. The lowest BCUT2D eigenvalue weighted by atomic mass is 9.83. The molecule has 4 rings (SSSR count). The highest BCUT2D eigenvalue weighted by atomic mass is 16.5. The Morgan fingerprint density at radius 3 is 2.52 bits per heavy atom. The second kappa shape index (κ2) is 7.76. The van der Waals surface area contributed by atoms with Crippen LogP contribution in [-0.4, -0.2) is 30.2 Å².